The van der Waals surface area contributed by atoms with E-state index in [4.69, 9.17) is 9.47 Å². The van der Waals surface area contributed by atoms with Crippen LogP contribution < -0.4 is 14.8 Å². The molecule has 2 rings (SSSR count). The third kappa shape index (κ3) is 4.83. The maximum absolute atomic E-state index is 11.5. The molecule has 0 spiro atoms. The van der Waals surface area contributed by atoms with Crippen LogP contribution in [0.15, 0.2) is 24.4 Å². The Hall–Kier alpha value is -2.34. The Balaban J connectivity index is 2.12. The molecule has 0 radical (unpaired) electrons. The molecule has 1 N–H and O–H groups in total. The van der Waals surface area contributed by atoms with Crippen molar-refractivity contribution in [1.82, 2.24) is 10.3 Å². The van der Waals surface area contributed by atoms with Crippen LogP contribution >= 0.6 is 11.3 Å². The Morgan fingerprint density at radius 3 is 2.88 bits per heavy atom. The van der Waals surface area contributed by atoms with Crippen LogP contribution in [0.3, 0.4) is 0 Å². The highest BCUT2D eigenvalue weighted by molar-refractivity contribution is 7.14. The Labute approximate surface area is 146 Å². The van der Waals surface area contributed by atoms with Crippen LogP contribution in [0.1, 0.15) is 40.0 Å². The van der Waals surface area contributed by atoms with Crippen molar-refractivity contribution in [3.63, 3.8) is 0 Å². The first-order valence-corrected chi connectivity index (χ1v) is 8.66. The summed E-state index contributed by atoms with van der Waals surface area (Å²) in [5.41, 5.74) is 0.985. The zero-order chi connectivity index (χ0) is 17.4. The molecular formula is C18H22N2O3S. The first-order chi connectivity index (χ1) is 11.7. The molecule has 24 heavy (non-hydrogen) atoms. The van der Waals surface area contributed by atoms with Crippen molar-refractivity contribution in [3.05, 3.63) is 39.8 Å². The lowest BCUT2D eigenvalue weighted by atomic mass is 10.2. The number of unbranched alkanes of at least 4 members (excludes halogenated alkanes) is 1. The average molecular weight is 346 g/mol. The molecule has 0 aliphatic heterocycles. The lowest BCUT2D eigenvalue weighted by molar-refractivity contribution is 0.0967. The Morgan fingerprint density at radius 2 is 2.17 bits per heavy atom. The van der Waals surface area contributed by atoms with Crippen molar-refractivity contribution in [1.29, 1.82) is 0 Å². The molecule has 1 aromatic carbocycles. The number of ether oxygens (including phenoxy) is 2. The van der Waals surface area contributed by atoms with E-state index in [1.54, 1.807) is 20.4 Å². The molecular weight excluding hydrogens is 324 g/mol. The summed E-state index contributed by atoms with van der Waals surface area (Å²) in [6.07, 6.45) is 7.49. The fourth-order valence-corrected chi connectivity index (χ4v) is 2.76. The van der Waals surface area contributed by atoms with E-state index in [0.717, 1.165) is 34.9 Å². The topological polar surface area (TPSA) is 60.5 Å². The van der Waals surface area contributed by atoms with Gasteiger partial charge in [-0.05, 0) is 30.2 Å². The van der Waals surface area contributed by atoms with Gasteiger partial charge < -0.3 is 14.8 Å². The molecule has 1 heterocycles. The lowest BCUT2D eigenvalue weighted by Crippen LogP contribution is -2.16. The van der Waals surface area contributed by atoms with Gasteiger partial charge in [0, 0.05) is 7.05 Å². The van der Waals surface area contributed by atoms with Gasteiger partial charge in [0.2, 0.25) is 0 Å². The van der Waals surface area contributed by atoms with Gasteiger partial charge in [0.05, 0.1) is 19.9 Å². The van der Waals surface area contributed by atoms with Crippen LogP contribution in [-0.4, -0.2) is 31.7 Å². The van der Waals surface area contributed by atoms with Gasteiger partial charge in [-0.15, -0.1) is 11.3 Å². The molecule has 2 aromatic rings. The highest BCUT2D eigenvalue weighted by atomic mass is 32.1. The summed E-state index contributed by atoms with van der Waals surface area (Å²) in [5.74, 6) is 1.33. The number of amides is 1. The number of nitrogens with zero attached hydrogens (tertiary/aromatic N) is 1. The van der Waals surface area contributed by atoms with Crippen LogP contribution in [0, 0.1) is 0 Å². The zero-order valence-corrected chi connectivity index (χ0v) is 15.0. The predicted octanol–water partition coefficient (Wildman–Crippen LogP) is 3.86. The van der Waals surface area contributed by atoms with Crippen LogP contribution in [0.5, 0.6) is 11.5 Å². The van der Waals surface area contributed by atoms with E-state index in [9.17, 15) is 4.79 Å². The second-order valence-corrected chi connectivity index (χ2v) is 6.15. The molecule has 0 bridgehead atoms. The summed E-state index contributed by atoms with van der Waals surface area (Å²) in [4.78, 5) is 16.4. The maximum Gasteiger partial charge on any atom is 0.262 e. The number of hydrogen-bond donors (Lipinski definition) is 1. The second kappa shape index (κ2) is 9.08. The van der Waals surface area contributed by atoms with Gasteiger partial charge in [-0.3, -0.25) is 4.79 Å². The Kier molecular flexibility index (Phi) is 6.81. The van der Waals surface area contributed by atoms with Crippen molar-refractivity contribution in [2.45, 2.75) is 19.8 Å². The quantitative estimate of drug-likeness (QED) is 0.737. The van der Waals surface area contributed by atoms with Crippen molar-refractivity contribution < 1.29 is 14.3 Å². The fourth-order valence-electron chi connectivity index (χ4n) is 2.00. The molecule has 1 amide bonds. The normalized spacial score (nSPS) is 10.8. The number of carbonyl (C=O) groups is 1. The molecule has 0 aliphatic carbocycles. The van der Waals surface area contributed by atoms with Crippen LogP contribution in [0.2, 0.25) is 0 Å². The monoisotopic (exact) mass is 346 g/mol. The van der Waals surface area contributed by atoms with E-state index in [-0.39, 0.29) is 5.91 Å². The second-order valence-electron chi connectivity index (χ2n) is 5.09. The summed E-state index contributed by atoms with van der Waals surface area (Å²) >= 11 is 1.35. The number of nitrogens with one attached hydrogen (secondary N) is 1. The average Bonchev–Trinajstić information content (AvgIpc) is 3.08. The first kappa shape index (κ1) is 18.0. The summed E-state index contributed by atoms with van der Waals surface area (Å²) in [6, 6.07) is 5.78. The third-order valence-corrected chi connectivity index (χ3v) is 4.30. The Morgan fingerprint density at radius 1 is 1.33 bits per heavy atom. The predicted molar refractivity (Wildman–Crippen MR) is 97.8 cm³/mol. The minimum atomic E-state index is -0.122. The summed E-state index contributed by atoms with van der Waals surface area (Å²) < 4.78 is 11.1. The first-order valence-electron chi connectivity index (χ1n) is 7.84. The highest BCUT2D eigenvalue weighted by Crippen LogP contribution is 2.29. The van der Waals surface area contributed by atoms with Crippen LogP contribution in [0.25, 0.3) is 12.2 Å². The highest BCUT2D eigenvalue weighted by Gasteiger charge is 2.07. The van der Waals surface area contributed by atoms with Gasteiger partial charge >= 0.3 is 0 Å². The third-order valence-electron chi connectivity index (χ3n) is 3.34. The number of hydrogen-bond acceptors (Lipinski definition) is 5. The van der Waals surface area contributed by atoms with Gasteiger partial charge in [0.25, 0.3) is 5.91 Å². The van der Waals surface area contributed by atoms with Gasteiger partial charge in [-0.2, -0.15) is 0 Å². The lowest BCUT2D eigenvalue weighted by Gasteiger charge is -2.11. The van der Waals surface area contributed by atoms with E-state index in [1.165, 1.54) is 11.3 Å². The minimum Gasteiger partial charge on any atom is -0.493 e. The SMILES string of the molecule is CCCCOc1cc(/C=C/c2ncc(C(=O)NC)s2)ccc1OC. The van der Waals surface area contributed by atoms with E-state index >= 15 is 0 Å². The molecule has 0 unspecified atom stereocenters. The van der Waals surface area contributed by atoms with E-state index < -0.39 is 0 Å². The van der Waals surface area contributed by atoms with Crippen LogP contribution in [0.4, 0.5) is 0 Å². The number of benzene rings is 1. The number of thiazole rings is 1. The molecule has 128 valence electrons. The molecule has 0 aliphatic rings. The number of rotatable bonds is 8. The fraction of sp³-hybridized carbons (Fsp3) is 0.333. The van der Waals surface area contributed by atoms with Crippen molar-refractivity contribution >= 4 is 29.4 Å². The summed E-state index contributed by atoms with van der Waals surface area (Å²) in [6.45, 7) is 2.79. The van der Waals surface area contributed by atoms with E-state index in [0.29, 0.717) is 11.5 Å². The molecule has 6 heteroatoms. The standard InChI is InChI=1S/C18H22N2O3S/c1-4-5-10-23-15-11-13(6-8-14(15)22-3)7-9-17-20-12-16(24-17)18(21)19-2/h6-9,11-12H,4-5,10H2,1-3H3,(H,19,21)/b9-7+. The maximum atomic E-state index is 11.5. The van der Waals surface area contributed by atoms with Crippen molar-refractivity contribution in [2.24, 2.45) is 0 Å². The number of methoxy groups -OCH3 is 1. The largest absolute Gasteiger partial charge is 0.493 e. The molecule has 0 fully saturated rings. The number of aromatic nitrogens is 1. The van der Waals surface area contributed by atoms with Gasteiger partial charge in [-0.1, -0.05) is 25.5 Å². The molecule has 5 nitrogen and oxygen atoms in total. The minimum absolute atomic E-state index is 0.122. The molecule has 0 atom stereocenters. The van der Waals surface area contributed by atoms with Crippen molar-refractivity contribution in [3.8, 4) is 11.5 Å². The van der Waals surface area contributed by atoms with Gasteiger partial charge in [0.1, 0.15) is 9.88 Å². The van der Waals surface area contributed by atoms with Gasteiger partial charge in [-0.25, -0.2) is 4.98 Å². The van der Waals surface area contributed by atoms with E-state index in [2.05, 4.69) is 17.2 Å². The molecule has 0 saturated heterocycles. The van der Waals surface area contributed by atoms with E-state index in [1.807, 2.05) is 30.4 Å². The Bertz CT molecular complexity index is 710. The molecule has 0 saturated carbocycles. The van der Waals surface area contributed by atoms with Crippen LogP contribution in [-0.2, 0) is 0 Å². The zero-order valence-electron chi connectivity index (χ0n) is 14.2. The smallest absolute Gasteiger partial charge is 0.262 e. The summed E-state index contributed by atoms with van der Waals surface area (Å²) in [7, 11) is 3.24. The van der Waals surface area contributed by atoms with Crippen molar-refractivity contribution in [2.75, 3.05) is 20.8 Å². The number of carbonyl (C=O) groups excluding carboxylic acids is 1. The van der Waals surface area contributed by atoms with Gasteiger partial charge in [0.15, 0.2) is 11.5 Å². The molecule has 1 aromatic heterocycles. The summed E-state index contributed by atoms with van der Waals surface area (Å²) in [5, 5.41) is 3.37.